The zero-order chi connectivity index (χ0) is 22.2. The van der Waals surface area contributed by atoms with Crippen LogP contribution in [-0.2, 0) is 9.53 Å². The third-order valence-corrected chi connectivity index (χ3v) is 7.76. The van der Waals surface area contributed by atoms with Crippen LogP contribution >= 0.6 is 11.3 Å². The number of aliphatic hydroxyl groups excluding tert-OH is 3. The van der Waals surface area contributed by atoms with Gasteiger partial charge in [-0.2, -0.15) is 0 Å². The molecule has 0 saturated heterocycles. The summed E-state index contributed by atoms with van der Waals surface area (Å²) in [5, 5.41) is 32.8. The first-order valence-electron chi connectivity index (χ1n) is 11.7. The average Bonchev–Trinajstić information content (AvgIpc) is 3.29. The topological polar surface area (TPSA) is 87.0 Å². The van der Waals surface area contributed by atoms with Gasteiger partial charge < -0.3 is 20.1 Å². The van der Waals surface area contributed by atoms with Crippen LogP contribution in [0.2, 0.25) is 0 Å². The van der Waals surface area contributed by atoms with E-state index in [4.69, 9.17) is 4.74 Å². The summed E-state index contributed by atoms with van der Waals surface area (Å²) in [4.78, 5) is 12.3. The summed E-state index contributed by atoms with van der Waals surface area (Å²) in [5.41, 5.74) is 0. The van der Waals surface area contributed by atoms with E-state index in [9.17, 15) is 20.1 Å². The number of carbonyl (C=O) groups is 1. The molecule has 6 heteroatoms. The Hall–Kier alpha value is -1.47. The minimum atomic E-state index is -0.536. The van der Waals surface area contributed by atoms with E-state index in [-0.39, 0.29) is 17.8 Å². The highest BCUT2D eigenvalue weighted by Crippen LogP contribution is 2.41. The van der Waals surface area contributed by atoms with E-state index >= 15 is 0 Å². The second-order valence-electron chi connectivity index (χ2n) is 8.74. The maximum Gasteiger partial charge on any atom is 0.305 e. The molecular formula is C25H36O5S. The average molecular weight is 449 g/mol. The SMILES string of the molecule is CCOC(=O)CCCCCCC1C(O)CC(O)C1CCC(O)c1cc2ccccc2s1. The normalized spacial score (nSPS) is 24.5. The minimum Gasteiger partial charge on any atom is -0.466 e. The number of benzene rings is 1. The van der Waals surface area contributed by atoms with Gasteiger partial charge in [-0.15, -0.1) is 11.3 Å². The largest absolute Gasteiger partial charge is 0.466 e. The van der Waals surface area contributed by atoms with Gasteiger partial charge in [-0.25, -0.2) is 0 Å². The minimum absolute atomic E-state index is 0.0264. The highest BCUT2D eigenvalue weighted by Gasteiger charge is 2.40. The molecule has 3 N–H and O–H groups in total. The van der Waals surface area contributed by atoms with Crippen LogP contribution in [0.4, 0.5) is 0 Å². The number of unbranched alkanes of at least 4 members (excludes halogenated alkanes) is 3. The lowest BCUT2D eigenvalue weighted by molar-refractivity contribution is -0.143. The fraction of sp³-hybridized carbons (Fsp3) is 0.640. The molecule has 1 aliphatic carbocycles. The van der Waals surface area contributed by atoms with Crippen molar-refractivity contribution in [2.75, 3.05) is 6.61 Å². The number of fused-ring (bicyclic) bond motifs is 1. The number of ether oxygens (including phenoxy) is 1. The summed E-state index contributed by atoms with van der Waals surface area (Å²) in [6.45, 7) is 2.25. The summed E-state index contributed by atoms with van der Waals surface area (Å²) in [5.74, 6) is -0.0256. The van der Waals surface area contributed by atoms with Gasteiger partial charge >= 0.3 is 5.97 Å². The molecule has 5 nitrogen and oxygen atoms in total. The predicted molar refractivity (Wildman–Crippen MR) is 124 cm³/mol. The lowest BCUT2D eigenvalue weighted by atomic mass is 9.84. The smallest absolute Gasteiger partial charge is 0.305 e. The number of esters is 1. The molecule has 5 atom stereocenters. The number of hydrogen-bond acceptors (Lipinski definition) is 6. The molecule has 1 aromatic carbocycles. The summed E-state index contributed by atoms with van der Waals surface area (Å²) in [6, 6.07) is 10.2. The van der Waals surface area contributed by atoms with Gasteiger partial charge in [-0.3, -0.25) is 4.79 Å². The highest BCUT2D eigenvalue weighted by molar-refractivity contribution is 7.19. The first-order valence-corrected chi connectivity index (χ1v) is 12.5. The standard InChI is InChI=1S/C25H36O5S/c1-2-30-25(29)12-6-4-3-5-10-18-19(22(28)16-21(18)27)13-14-20(26)24-15-17-9-7-8-11-23(17)31-24/h7-9,11,15,18-22,26-28H,2-6,10,12-14,16H2,1H3. The second kappa shape index (κ2) is 12.0. The quantitative estimate of drug-likeness (QED) is 0.315. The number of rotatable bonds is 12. The Kier molecular flexibility index (Phi) is 9.32. The number of hydrogen-bond donors (Lipinski definition) is 3. The first kappa shape index (κ1) is 24.2. The fourth-order valence-corrected chi connectivity index (χ4v) is 5.96. The molecule has 2 aromatic rings. The third-order valence-electron chi connectivity index (χ3n) is 6.54. The van der Waals surface area contributed by atoms with Gasteiger partial charge in [0.25, 0.3) is 0 Å². The molecule has 0 radical (unpaired) electrons. The van der Waals surface area contributed by atoms with Crippen molar-refractivity contribution < 1.29 is 24.9 Å². The summed E-state index contributed by atoms with van der Waals surface area (Å²) in [6.07, 6.45) is 5.36. The lowest BCUT2D eigenvalue weighted by Crippen LogP contribution is -2.23. The summed E-state index contributed by atoms with van der Waals surface area (Å²) < 4.78 is 6.12. The van der Waals surface area contributed by atoms with Gasteiger partial charge in [0.15, 0.2) is 0 Å². The zero-order valence-electron chi connectivity index (χ0n) is 18.4. The molecule has 0 amide bonds. The summed E-state index contributed by atoms with van der Waals surface area (Å²) >= 11 is 1.62. The van der Waals surface area contributed by atoms with Gasteiger partial charge in [-0.05, 0) is 68.4 Å². The van der Waals surface area contributed by atoms with Crippen LogP contribution in [0.3, 0.4) is 0 Å². The van der Waals surface area contributed by atoms with Gasteiger partial charge in [-0.1, -0.05) is 37.5 Å². The molecule has 31 heavy (non-hydrogen) atoms. The maximum atomic E-state index is 11.4. The van der Waals surface area contributed by atoms with Gasteiger partial charge in [0.05, 0.1) is 24.9 Å². The molecule has 0 aliphatic heterocycles. The van der Waals surface area contributed by atoms with Crippen molar-refractivity contribution in [1.82, 2.24) is 0 Å². The van der Waals surface area contributed by atoms with E-state index in [1.165, 1.54) is 4.70 Å². The van der Waals surface area contributed by atoms with Crippen molar-refractivity contribution in [2.24, 2.45) is 11.8 Å². The lowest BCUT2D eigenvalue weighted by Gasteiger charge is -2.24. The van der Waals surface area contributed by atoms with E-state index in [1.807, 2.05) is 19.1 Å². The third kappa shape index (κ3) is 6.75. The van der Waals surface area contributed by atoms with Gasteiger partial charge in [0.2, 0.25) is 0 Å². The van der Waals surface area contributed by atoms with E-state index in [0.29, 0.717) is 32.3 Å². The van der Waals surface area contributed by atoms with Crippen LogP contribution in [0.15, 0.2) is 30.3 Å². The van der Waals surface area contributed by atoms with Crippen LogP contribution in [0.25, 0.3) is 10.1 Å². The molecule has 5 unspecified atom stereocenters. The molecule has 0 spiro atoms. The van der Waals surface area contributed by atoms with Crippen LogP contribution < -0.4 is 0 Å². The van der Waals surface area contributed by atoms with Crippen LogP contribution in [0, 0.1) is 11.8 Å². The Bertz CT molecular complexity index is 786. The Morgan fingerprint density at radius 2 is 1.81 bits per heavy atom. The first-order chi connectivity index (χ1) is 15.0. The molecular weight excluding hydrogens is 412 g/mol. The Balaban J connectivity index is 1.43. The molecule has 172 valence electrons. The van der Waals surface area contributed by atoms with Crippen molar-refractivity contribution in [2.45, 2.75) is 83.0 Å². The Labute approximate surface area is 189 Å². The van der Waals surface area contributed by atoms with Crippen molar-refractivity contribution >= 4 is 27.4 Å². The van der Waals surface area contributed by atoms with E-state index in [2.05, 4.69) is 18.2 Å². The second-order valence-corrected chi connectivity index (χ2v) is 9.85. The van der Waals surface area contributed by atoms with Gasteiger partial charge in [0, 0.05) is 16.0 Å². The van der Waals surface area contributed by atoms with Crippen LogP contribution in [0.5, 0.6) is 0 Å². The van der Waals surface area contributed by atoms with Crippen molar-refractivity contribution in [3.63, 3.8) is 0 Å². The van der Waals surface area contributed by atoms with Gasteiger partial charge in [0.1, 0.15) is 0 Å². The van der Waals surface area contributed by atoms with Crippen molar-refractivity contribution in [3.8, 4) is 0 Å². The molecule has 1 fully saturated rings. The maximum absolute atomic E-state index is 11.4. The molecule has 1 saturated carbocycles. The van der Waals surface area contributed by atoms with E-state index < -0.39 is 18.3 Å². The predicted octanol–water partition coefficient (Wildman–Crippen LogP) is 4.98. The van der Waals surface area contributed by atoms with Crippen molar-refractivity contribution in [1.29, 1.82) is 0 Å². The summed E-state index contributed by atoms with van der Waals surface area (Å²) in [7, 11) is 0. The molecule has 3 rings (SSSR count). The molecule has 1 aromatic heterocycles. The van der Waals surface area contributed by atoms with E-state index in [1.54, 1.807) is 11.3 Å². The molecule has 1 aliphatic rings. The molecule has 0 bridgehead atoms. The number of thiophene rings is 1. The molecule has 1 heterocycles. The number of aliphatic hydroxyl groups is 3. The monoisotopic (exact) mass is 448 g/mol. The van der Waals surface area contributed by atoms with E-state index in [0.717, 1.165) is 42.4 Å². The highest BCUT2D eigenvalue weighted by atomic mass is 32.1. The van der Waals surface area contributed by atoms with Crippen molar-refractivity contribution in [3.05, 3.63) is 35.2 Å². The Morgan fingerprint density at radius 1 is 1.10 bits per heavy atom. The Morgan fingerprint density at radius 3 is 2.55 bits per heavy atom. The zero-order valence-corrected chi connectivity index (χ0v) is 19.2. The fourth-order valence-electron chi connectivity index (χ4n) is 4.88. The van der Waals surface area contributed by atoms with Crippen LogP contribution in [-0.4, -0.2) is 40.1 Å². The van der Waals surface area contributed by atoms with Crippen LogP contribution in [0.1, 0.15) is 75.7 Å². The number of carbonyl (C=O) groups excluding carboxylic acids is 1.